The van der Waals surface area contributed by atoms with Crippen LogP contribution in [0.4, 0.5) is 0 Å². The fourth-order valence-electron chi connectivity index (χ4n) is 3.05. The number of hydrogen-bond acceptors (Lipinski definition) is 2. The molecule has 0 radical (unpaired) electrons. The molecule has 0 bridgehead atoms. The topological polar surface area (TPSA) is 41.1 Å². The number of carbonyl (C=O) groups is 1. The van der Waals surface area contributed by atoms with Gasteiger partial charge in [-0.1, -0.05) is 26.7 Å². The van der Waals surface area contributed by atoms with Crippen molar-refractivity contribution in [3.05, 3.63) is 0 Å². The maximum absolute atomic E-state index is 12.1. The molecule has 0 aromatic carbocycles. The molecule has 1 saturated carbocycles. The second-order valence-corrected chi connectivity index (χ2v) is 6.86. The summed E-state index contributed by atoms with van der Waals surface area (Å²) in [7, 11) is 1.83. The number of amides is 1. The summed E-state index contributed by atoms with van der Waals surface area (Å²) in [6.45, 7) is 9.24. The van der Waals surface area contributed by atoms with Crippen molar-refractivity contribution < 1.29 is 4.79 Å². The van der Waals surface area contributed by atoms with Gasteiger partial charge in [-0.05, 0) is 51.5 Å². The highest BCUT2D eigenvalue weighted by Gasteiger charge is 2.36. The fourth-order valence-corrected chi connectivity index (χ4v) is 3.05. The monoisotopic (exact) mass is 254 g/mol. The molecule has 0 aromatic heterocycles. The van der Waals surface area contributed by atoms with Crippen LogP contribution in [0.3, 0.4) is 0 Å². The first-order valence-corrected chi connectivity index (χ1v) is 7.28. The molecule has 0 aliphatic heterocycles. The summed E-state index contributed by atoms with van der Waals surface area (Å²) in [5.41, 5.74) is -0.120. The normalized spacial score (nSPS) is 19.2. The molecule has 0 aromatic rings. The van der Waals surface area contributed by atoms with Crippen LogP contribution < -0.4 is 10.6 Å². The van der Waals surface area contributed by atoms with E-state index in [9.17, 15) is 4.79 Å². The minimum absolute atomic E-state index is 0.111. The molecule has 3 nitrogen and oxygen atoms in total. The minimum atomic E-state index is -0.475. The first-order valence-electron chi connectivity index (χ1n) is 7.28. The fraction of sp³-hybridized carbons (Fsp3) is 0.933. The van der Waals surface area contributed by atoms with E-state index in [1.54, 1.807) is 0 Å². The Kier molecular flexibility index (Phi) is 5.20. The zero-order chi connectivity index (χ0) is 13.8. The van der Waals surface area contributed by atoms with Crippen molar-refractivity contribution in [3.63, 3.8) is 0 Å². The van der Waals surface area contributed by atoms with Gasteiger partial charge < -0.3 is 10.6 Å². The number of carbonyl (C=O) groups excluding carboxylic acids is 1. The first-order chi connectivity index (χ1) is 8.31. The Labute approximate surface area is 112 Å². The molecular weight excluding hydrogens is 224 g/mol. The van der Waals surface area contributed by atoms with Crippen LogP contribution in [-0.4, -0.2) is 25.0 Å². The molecule has 0 heterocycles. The quantitative estimate of drug-likeness (QED) is 0.765. The van der Waals surface area contributed by atoms with Gasteiger partial charge in [-0.3, -0.25) is 4.79 Å². The zero-order valence-corrected chi connectivity index (χ0v) is 12.7. The van der Waals surface area contributed by atoms with Crippen molar-refractivity contribution in [2.45, 2.75) is 65.3 Å². The van der Waals surface area contributed by atoms with Crippen LogP contribution in [0.25, 0.3) is 0 Å². The van der Waals surface area contributed by atoms with Crippen LogP contribution in [0.15, 0.2) is 0 Å². The van der Waals surface area contributed by atoms with E-state index in [0.717, 1.165) is 6.54 Å². The Balaban J connectivity index is 2.56. The van der Waals surface area contributed by atoms with Gasteiger partial charge in [-0.2, -0.15) is 0 Å². The van der Waals surface area contributed by atoms with E-state index >= 15 is 0 Å². The largest absolute Gasteiger partial charge is 0.354 e. The molecule has 3 heteroatoms. The Hall–Kier alpha value is -0.570. The van der Waals surface area contributed by atoms with Crippen molar-refractivity contribution in [1.82, 2.24) is 10.6 Å². The van der Waals surface area contributed by atoms with Crippen LogP contribution >= 0.6 is 0 Å². The number of rotatable bonds is 6. The van der Waals surface area contributed by atoms with Gasteiger partial charge in [0.25, 0.3) is 0 Å². The van der Waals surface area contributed by atoms with Gasteiger partial charge in [0.2, 0.25) is 5.91 Å². The third kappa shape index (κ3) is 3.98. The standard InChI is InChI=1S/C15H30N2O/c1-12(2)10-15(8-6-7-9-15)11-17-13(18)14(3,4)16-5/h12,16H,6-11H2,1-5H3,(H,17,18). The smallest absolute Gasteiger partial charge is 0.239 e. The van der Waals surface area contributed by atoms with Crippen molar-refractivity contribution in [1.29, 1.82) is 0 Å². The number of likely N-dealkylation sites (N-methyl/N-ethyl adjacent to an activating group) is 1. The predicted octanol–water partition coefficient (Wildman–Crippen LogP) is 2.71. The van der Waals surface area contributed by atoms with E-state index in [0.29, 0.717) is 11.3 Å². The average molecular weight is 254 g/mol. The Bertz CT molecular complexity index is 278. The summed E-state index contributed by atoms with van der Waals surface area (Å²) < 4.78 is 0. The van der Waals surface area contributed by atoms with Crippen molar-refractivity contribution in [2.75, 3.05) is 13.6 Å². The molecule has 2 N–H and O–H groups in total. The van der Waals surface area contributed by atoms with Crippen LogP contribution in [0, 0.1) is 11.3 Å². The molecule has 0 atom stereocenters. The number of nitrogens with one attached hydrogen (secondary N) is 2. The summed E-state index contributed by atoms with van der Waals surface area (Å²) >= 11 is 0. The molecule has 18 heavy (non-hydrogen) atoms. The Morgan fingerprint density at radius 3 is 2.28 bits per heavy atom. The highest BCUT2D eigenvalue weighted by Crippen LogP contribution is 2.42. The Morgan fingerprint density at radius 2 is 1.83 bits per heavy atom. The van der Waals surface area contributed by atoms with E-state index < -0.39 is 5.54 Å². The summed E-state index contributed by atoms with van der Waals surface area (Å²) in [5, 5.41) is 6.22. The summed E-state index contributed by atoms with van der Waals surface area (Å²) in [4.78, 5) is 12.1. The second kappa shape index (κ2) is 6.05. The second-order valence-electron chi connectivity index (χ2n) is 6.86. The molecule has 1 aliphatic carbocycles. The molecule has 1 amide bonds. The zero-order valence-electron chi connectivity index (χ0n) is 12.7. The summed E-state index contributed by atoms with van der Waals surface area (Å²) in [6, 6.07) is 0. The van der Waals surface area contributed by atoms with E-state index in [1.165, 1.54) is 32.1 Å². The number of hydrogen-bond donors (Lipinski definition) is 2. The van der Waals surface area contributed by atoms with Crippen molar-refractivity contribution in [3.8, 4) is 0 Å². The molecule has 0 spiro atoms. The van der Waals surface area contributed by atoms with Crippen molar-refractivity contribution >= 4 is 5.91 Å². The predicted molar refractivity (Wildman–Crippen MR) is 76.5 cm³/mol. The van der Waals surface area contributed by atoms with Gasteiger partial charge in [-0.15, -0.1) is 0 Å². The molecular formula is C15H30N2O. The third-order valence-electron chi connectivity index (χ3n) is 4.32. The van der Waals surface area contributed by atoms with E-state index in [2.05, 4.69) is 24.5 Å². The Morgan fingerprint density at radius 1 is 1.28 bits per heavy atom. The van der Waals surface area contributed by atoms with Gasteiger partial charge in [0, 0.05) is 6.54 Å². The molecule has 1 aliphatic rings. The van der Waals surface area contributed by atoms with Crippen molar-refractivity contribution in [2.24, 2.45) is 11.3 Å². The van der Waals surface area contributed by atoms with Crippen LogP contribution in [0.5, 0.6) is 0 Å². The molecule has 1 fully saturated rings. The van der Waals surface area contributed by atoms with Crippen LogP contribution in [0.1, 0.15) is 59.8 Å². The van der Waals surface area contributed by atoms with Gasteiger partial charge in [0.15, 0.2) is 0 Å². The van der Waals surface area contributed by atoms with Crippen LogP contribution in [0.2, 0.25) is 0 Å². The summed E-state index contributed by atoms with van der Waals surface area (Å²) in [6.07, 6.45) is 6.40. The first kappa shape index (κ1) is 15.5. The summed E-state index contributed by atoms with van der Waals surface area (Å²) in [5.74, 6) is 0.817. The lowest BCUT2D eigenvalue weighted by Crippen LogP contribution is -2.53. The van der Waals surface area contributed by atoms with E-state index in [1.807, 2.05) is 20.9 Å². The third-order valence-corrected chi connectivity index (χ3v) is 4.32. The highest BCUT2D eigenvalue weighted by molar-refractivity contribution is 5.85. The van der Waals surface area contributed by atoms with Gasteiger partial charge in [0.1, 0.15) is 0 Å². The average Bonchev–Trinajstić information content (AvgIpc) is 2.74. The maximum atomic E-state index is 12.1. The molecule has 0 unspecified atom stereocenters. The van der Waals surface area contributed by atoms with E-state index in [-0.39, 0.29) is 5.91 Å². The van der Waals surface area contributed by atoms with Gasteiger partial charge in [-0.25, -0.2) is 0 Å². The maximum Gasteiger partial charge on any atom is 0.239 e. The molecule has 106 valence electrons. The highest BCUT2D eigenvalue weighted by atomic mass is 16.2. The molecule has 1 rings (SSSR count). The molecule has 0 saturated heterocycles. The SMILES string of the molecule is CNC(C)(C)C(=O)NCC1(CC(C)C)CCCC1. The minimum Gasteiger partial charge on any atom is -0.354 e. The lowest BCUT2D eigenvalue weighted by atomic mass is 9.78. The lowest BCUT2D eigenvalue weighted by molar-refractivity contribution is -0.126. The van der Waals surface area contributed by atoms with Gasteiger partial charge in [0.05, 0.1) is 5.54 Å². The van der Waals surface area contributed by atoms with E-state index in [4.69, 9.17) is 0 Å². The van der Waals surface area contributed by atoms with Crippen LogP contribution in [-0.2, 0) is 4.79 Å². The lowest BCUT2D eigenvalue weighted by Gasteiger charge is -2.33. The van der Waals surface area contributed by atoms with Gasteiger partial charge >= 0.3 is 0 Å².